The molecule has 1 heterocycles. The van der Waals surface area contributed by atoms with Crippen LogP contribution in [0.15, 0.2) is 12.7 Å². The molecule has 0 aromatic carbocycles. The number of likely N-dealkylation sites (tertiary alicyclic amines) is 1. The van der Waals surface area contributed by atoms with E-state index in [0.717, 1.165) is 6.42 Å². The molecule has 1 saturated heterocycles. The first-order chi connectivity index (χ1) is 13.9. The molecule has 1 fully saturated rings. The lowest BCUT2D eigenvalue weighted by Gasteiger charge is -2.29. The maximum absolute atomic E-state index is 10.8. The Balaban J connectivity index is 0.000000890. The van der Waals surface area contributed by atoms with Gasteiger partial charge in [-0.05, 0) is 19.3 Å². The van der Waals surface area contributed by atoms with Gasteiger partial charge in [0.25, 0.3) is 0 Å². The van der Waals surface area contributed by atoms with Crippen molar-refractivity contribution in [1.29, 1.82) is 0 Å². The van der Waals surface area contributed by atoms with Crippen LogP contribution in [0.2, 0.25) is 0 Å². The third-order valence-corrected chi connectivity index (χ3v) is 5.75. The molecular formula is C20H36F3NO5S. The van der Waals surface area contributed by atoms with Crippen molar-refractivity contribution in [3.63, 3.8) is 0 Å². The van der Waals surface area contributed by atoms with Crippen molar-refractivity contribution in [3.8, 4) is 0 Å². The summed E-state index contributed by atoms with van der Waals surface area (Å²) in [5.41, 5.74) is -5.65. The Bertz CT molecular complexity index is 588. The van der Waals surface area contributed by atoms with Gasteiger partial charge in [-0.15, -0.1) is 0 Å². The number of alkyl halides is 3. The van der Waals surface area contributed by atoms with Crippen LogP contribution in [0.5, 0.6) is 0 Å². The van der Waals surface area contributed by atoms with Crippen LogP contribution in [-0.2, 0) is 19.6 Å². The maximum atomic E-state index is 10.8. The van der Waals surface area contributed by atoms with E-state index in [0.29, 0.717) is 6.61 Å². The molecule has 0 unspecified atom stereocenters. The summed E-state index contributed by atoms with van der Waals surface area (Å²) in [6.07, 6.45) is 15.8. The zero-order chi connectivity index (χ0) is 23.1. The Hall–Kier alpha value is -1.13. The van der Waals surface area contributed by atoms with E-state index in [-0.39, 0.29) is 5.97 Å². The summed E-state index contributed by atoms with van der Waals surface area (Å²) in [6, 6.07) is 0. The molecule has 0 N–H and O–H groups in total. The monoisotopic (exact) mass is 459 g/mol. The van der Waals surface area contributed by atoms with Gasteiger partial charge in [-0.25, -0.2) is 13.2 Å². The van der Waals surface area contributed by atoms with E-state index in [1.54, 1.807) is 0 Å². The van der Waals surface area contributed by atoms with E-state index < -0.39 is 15.6 Å². The van der Waals surface area contributed by atoms with Crippen LogP contribution in [0, 0.1) is 0 Å². The molecule has 0 amide bonds. The number of carbonyl (C=O) groups excluding carboxylic acids is 1. The van der Waals surface area contributed by atoms with E-state index in [9.17, 15) is 18.0 Å². The van der Waals surface area contributed by atoms with Crippen molar-refractivity contribution < 1.29 is 40.2 Å². The number of ether oxygens (including phenoxy) is 1. The minimum atomic E-state index is -6.09. The Morgan fingerprint density at radius 2 is 1.40 bits per heavy atom. The first-order valence-electron chi connectivity index (χ1n) is 10.6. The molecule has 0 saturated carbocycles. The van der Waals surface area contributed by atoms with Crippen LogP contribution < -0.4 is 0 Å². The molecular weight excluding hydrogens is 423 g/mol. The molecule has 0 bridgehead atoms. The topological polar surface area (TPSA) is 83.5 Å². The lowest BCUT2D eigenvalue weighted by Crippen LogP contribution is -2.41. The number of rotatable bonds is 13. The Labute approximate surface area is 178 Å². The van der Waals surface area contributed by atoms with Crippen molar-refractivity contribution in [2.75, 3.05) is 33.3 Å². The Kier molecular flexibility index (Phi) is 14.2. The summed E-state index contributed by atoms with van der Waals surface area (Å²) in [7, 11) is -3.66. The number of nitrogens with zero attached hydrogens (tertiary/aromatic N) is 1. The van der Waals surface area contributed by atoms with Crippen molar-refractivity contribution in [3.05, 3.63) is 12.7 Å². The van der Waals surface area contributed by atoms with Gasteiger partial charge in [-0.3, -0.25) is 0 Å². The predicted octanol–water partition coefficient (Wildman–Crippen LogP) is 4.52. The zero-order valence-electron chi connectivity index (χ0n) is 17.9. The Morgan fingerprint density at radius 3 is 1.80 bits per heavy atom. The fraction of sp³-hybridized carbons (Fsp3) is 0.850. The lowest BCUT2D eigenvalue weighted by atomic mass is 10.1. The molecule has 178 valence electrons. The van der Waals surface area contributed by atoms with Gasteiger partial charge in [0, 0.05) is 18.9 Å². The van der Waals surface area contributed by atoms with E-state index >= 15 is 0 Å². The van der Waals surface area contributed by atoms with Crippen LogP contribution in [0.3, 0.4) is 0 Å². The average molecular weight is 460 g/mol. The second kappa shape index (κ2) is 14.8. The van der Waals surface area contributed by atoms with Gasteiger partial charge in [0.05, 0.1) is 33.3 Å². The first kappa shape index (κ1) is 28.9. The third kappa shape index (κ3) is 14.8. The summed E-state index contributed by atoms with van der Waals surface area (Å²) in [5, 5.41) is 0. The number of unbranched alkanes of at least 4 members (excludes halogenated alkanes) is 8. The molecule has 6 nitrogen and oxygen atoms in total. The van der Waals surface area contributed by atoms with Gasteiger partial charge in [0.15, 0.2) is 10.1 Å². The number of hydrogen-bond acceptors (Lipinski definition) is 5. The van der Waals surface area contributed by atoms with Gasteiger partial charge in [0.1, 0.15) is 0 Å². The molecule has 0 spiro atoms. The highest BCUT2D eigenvalue weighted by Gasteiger charge is 2.36. The number of esters is 1. The van der Waals surface area contributed by atoms with Crippen LogP contribution in [0.1, 0.15) is 70.6 Å². The quantitative estimate of drug-likeness (QED) is 0.101. The Morgan fingerprint density at radius 1 is 1.00 bits per heavy atom. The van der Waals surface area contributed by atoms with Crippen LogP contribution in [0.4, 0.5) is 13.2 Å². The lowest BCUT2D eigenvalue weighted by molar-refractivity contribution is -0.897. The second-order valence-corrected chi connectivity index (χ2v) is 9.32. The van der Waals surface area contributed by atoms with Gasteiger partial charge in [-0.1, -0.05) is 45.1 Å². The van der Waals surface area contributed by atoms with E-state index in [1.807, 2.05) is 0 Å². The molecule has 0 atom stereocenters. The van der Waals surface area contributed by atoms with Crippen LogP contribution in [-0.4, -0.2) is 62.2 Å². The number of halogens is 3. The maximum Gasteiger partial charge on any atom is 0.485 e. The highest BCUT2D eigenvalue weighted by Crippen LogP contribution is 2.20. The standard InChI is InChI=1S/C19H36NO2.CHF3O3S/c1-3-19(21)22-18-14-10-8-6-4-5-7-9-11-15-20(2)16-12-13-17-20;2-1(3,4)8(5,6)7/h3H,1,4-18H2,2H3;(H,5,6,7)/q+1;/p-1. The third-order valence-electron chi connectivity index (χ3n) is 5.18. The number of quaternary nitrogens is 1. The summed E-state index contributed by atoms with van der Waals surface area (Å²) in [6.45, 7) is 8.13. The summed E-state index contributed by atoms with van der Waals surface area (Å²) >= 11 is 0. The summed E-state index contributed by atoms with van der Waals surface area (Å²) in [4.78, 5) is 10.8. The minimum Gasteiger partial charge on any atom is -0.741 e. The van der Waals surface area contributed by atoms with Gasteiger partial charge < -0.3 is 13.8 Å². The van der Waals surface area contributed by atoms with Crippen molar-refractivity contribution in [1.82, 2.24) is 0 Å². The van der Waals surface area contributed by atoms with Gasteiger partial charge in [0.2, 0.25) is 0 Å². The first-order valence-corrected chi connectivity index (χ1v) is 12.0. The van der Waals surface area contributed by atoms with Crippen molar-refractivity contribution in [2.45, 2.75) is 76.1 Å². The summed E-state index contributed by atoms with van der Waals surface area (Å²) in [5.74, 6) is -0.301. The fourth-order valence-corrected chi connectivity index (χ4v) is 3.39. The second-order valence-electron chi connectivity index (χ2n) is 7.95. The van der Waals surface area contributed by atoms with E-state index in [4.69, 9.17) is 17.7 Å². The van der Waals surface area contributed by atoms with Crippen molar-refractivity contribution in [2.24, 2.45) is 0 Å². The smallest absolute Gasteiger partial charge is 0.485 e. The minimum absolute atomic E-state index is 0.301. The van der Waals surface area contributed by atoms with Crippen LogP contribution in [0.25, 0.3) is 0 Å². The zero-order valence-corrected chi connectivity index (χ0v) is 18.7. The predicted molar refractivity (Wildman–Crippen MR) is 108 cm³/mol. The molecule has 1 aliphatic rings. The molecule has 0 aromatic heterocycles. The highest BCUT2D eigenvalue weighted by molar-refractivity contribution is 7.86. The highest BCUT2D eigenvalue weighted by atomic mass is 32.2. The molecule has 1 aliphatic heterocycles. The molecule has 10 heteroatoms. The SMILES string of the molecule is C=CC(=O)OCCCCCCCCCCC[N+]1(C)CCCC1.O=S(=O)([O-])C(F)(F)F. The number of carbonyl (C=O) groups is 1. The number of hydrogen-bond donors (Lipinski definition) is 0. The van der Waals surface area contributed by atoms with E-state index in [1.165, 1.54) is 94.4 Å². The largest absolute Gasteiger partial charge is 0.741 e. The van der Waals surface area contributed by atoms with E-state index in [2.05, 4.69) is 13.6 Å². The van der Waals surface area contributed by atoms with Crippen LogP contribution >= 0.6 is 0 Å². The molecule has 30 heavy (non-hydrogen) atoms. The van der Waals surface area contributed by atoms with Gasteiger partial charge >= 0.3 is 11.5 Å². The summed E-state index contributed by atoms with van der Waals surface area (Å²) < 4.78 is 65.2. The molecule has 1 rings (SSSR count). The average Bonchev–Trinajstić information content (AvgIpc) is 3.08. The molecule has 0 aromatic rings. The van der Waals surface area contributed by atoms with Crippen molar-refractivity contribution >= 4 is 16.1 Å². The molecule has 0 aliphatic carbocycles. The van der Waals surface area contributed by atoms with Gasteiger partial charge in [-0.2, -0.15) is 13.2 Å². The normalized spacial score (nSPS) is 15.9. The molecule has 0 radical (unpaired) electrons. The fourth-order valence-electron chi connectivity index (χ4n) is 3.39.